The summed E-state index contributed by atoms with van der Waals surface area (Å²) in [7, 11) is 0. The number of nitrogens with two attached hydrogens (primary N) is 1. The highest BCUT2D eigenvalue weighted by atomic mass is 16.1. The van der Waals surface area contributed by atoms with Crippen LogP contribution in [0.1, 0.15) is 27.2 Å². The molecule has 0 saturated heterocycles. The summed E-state index contributed by atoms with van der Waals surface area (Å²) in [6.45, 7) is 8.15. The number of aromatic nitrogens is 1. The van der Waals surface area contributed by atoms with Crippen molar-refractivity contribution in [2.24, 2.45) is 11.7 Å². The molecule has 3 N–H and O–H groups in total. The predicted molar refractivity (Wildman–Crippen MR) is 79.3 cm³/mol. The largest absolute Gasteiger partial charge is 0.370 e. The summed E-state index contributed by atoms with van der Waals surface area (Å²) in [5.74, 6) is 1.72. The molecule has 0 aromatic carbocycles. The third-order valence-corrected chi connectivity index (χ3v) is 2.55. The highest BCUT2D eigenvalue weighted by Gasteiger charge is 2.12. The Kier molecular flexibility index (Phi) is 6.12. The molecule has 0 fully saturated rings. The van der Waals surface area contributed by atoms with Crippen LogP contribution < -0.4 is 16.0 Å². The molecule has 1 aromatic rings. The molecular weight excluding hydrogens is 240 g/mol. The average Bonchev–Trinajstić information content (AvgIpc) is 2.35. The monoisotopic (exact) mass is 264 g/mol. The van der Waals surface area contributed by atoms with Crippen molar-refractivity contribution in [1.29, 1.82) is 0 Å². The van der Waals surface area contributed by atoms with Gasteiger partial charge in [0.2, 0.25) is 5.91 Å². The molecule has 0 aliphatic heterocycles. The molecule has 1 amide bonds. The quantitative estimate of drug-likeness (QED) is 0.751. The van der Waals surface area contributed by atoms with Crippen LogP contribution in [0.2, 0.25) is 0 Å². The number of carbonyl (C=O) groups excluding carboxylic acids is 1. The molecule has 0 saturated carbocycles. The summed E-state index contributed by atoms with van der Waals surface area (Å²) in [6.07, 6.45) is 1.04. The van der Waals surface area contributed by atoms with Crippen LogP contribution in [-0.2, 0) is 4.79 Å². The van der Waals surface area contributed by atoms with E-state index in [-0.39, 0.29) is 12.5 Å². The van der Waals surface area contributed by atoms with E-state index in [1.54, 1.807) is 0 Å². The fraction of sp³-hybridized carbons (Fsp3) is 0.571. The Labute approximate surface area is 115 Å². The molecule has 0 radical (unpaired) electrons. The summed E-state index contributed by atoms with van der Waals surface area (Å²) >= 11 is 0. The summed E-state index contributed by atoms with van der Waals surface area (Å²) in [5, 5.41) is 3.24. The molecule has 19 heavy (non-hydrogen) atoms. The molecule has 1 rings (SSSR count). The zero-order valence-corrected chi connectivity index (χ0v) is 12.0. The molecule has 0 aliphatic rings. The molecule has 0 unspecified atom stereocenters. The van der Waals surface area contributed by atoms with Gasteiger partial charge in [-0.25, -0.2) is 4.98 Å². The fourth-order valence-corrected chi connectivity index (χ4v) is 1.82. The van der Waals surface area contributed by atoms with Crippen molar-refractivity contribution in [3.63, 3.8) is 0 Å². The first kappa shape index (κ1) is 15.3. The fourth-order valence-electron chi connectivity index (χ4n) is 1.82. The van der Waals surface area contributed by atoms with Gasteiger partial charge in [0.05, 0.1) is 6.54 Å². The Balaban J connectivity index is 2.84. The van der Waals surface area contributed by atoms with Gasteiger partial charge in [-0.05, 0) is 24.5 Å². The smallest absolute Gasteiger partial charge is 0.236 e. The van der Waals surface area contributed by atoms with Gasteiger partial charge in [-0.3, -0.25) is 4.79 Å². The lowest BCUT2D eigenvalue weighted by Gasteiger charge is -2.24. The minimum absolute atomic E-state index is 0.197. The summed E-state index contributed by atoms with van der Waals surface area (Å²) in [5.41, 5.74) is 5.30. The molecule has 1 heterocycles. The summed E-state index contributed by atoms with van der Waals surface area (Å²) in [4.78, 5) is 17.6. The van der Waals surface area contributed by atoms with Gasteiger partial charge < -0.3 is 16.0 Å². The number of carbonyl (C=O) groups is 1. The normalized spacial score (nSPS) is 10.5. The van der Waals surface area contributed by atoms with E-state index in [4.69, 9.17) is 5.73 Å². The number of anilines is 2. The number of hydrogen-bond acceptors (Lipinski definition) is 4. The first-order valence-electron chi connectivity index (χ1n) is 6.77. The Morgan fingerprint density at radius 2 is 2.21 bits per heavy atom. The van der Waals surface area contributed by atoms with Crippen molar-refractivity contribution < 1.29 is 4.79 Å². The van der Waals surface area contributed by atoms with Crippen LogP contribution in [0.4, 0.5) is 11.6 Å². The maximum Gasteiger partial charge on any atom is 0.236 e. The van der Waals surface area contributed by atoms with E-state index in [0.29, 0.717) is 5.92 Å². The lowest BCUT2D eigenvalue weighted by Crippen LogP contribution is -2.36. The average molecular weight is 264 g/mol. The van der Waals surface area contributed by atoms with Crippen molar-refractivity contribution in [2.75, 3.05) is 29.9 Å². The van der Waals surface area contributed by atoms with Crippen molar-refractivity contribution in [3.8, 4) is 0 Å². The van der Waals surface area contributed by atoms with Crippen LogP contribution in [0.3, 0.4) is 0 Å². The van der Waals surface area contributed by atoms with E-state index in [2.05, 4.69) is 31.1 Å². The van der Waals surface area contributed by atoms with Gasteiger partial charge >= 0.3 is 0 Å². The van der Waals surface area contributed by atoms with Crippen LogP contribution in [0.15, 0.2) is 18.2 Å². The lowest BCUT2D eigenvalue weighted by atomic mass is 10.2. The highest BCUT2D eigenvalue weighted by molar-refractivity contribution is 5.79. The Morgan fingerprint density at radius 3 is 2.79 bits per heavy atom. The molecule has 0 atom stereocenters. The Hall–Kier alpha value is -1.78. The standard InChI is InChI=1S/C14H24N4O/c1-4-8-16-13-6-5-7-14(17-13)18(9-11(2)3)10-12(15)19/h5-7,11H,4,8-10H2,1-3H3,(H2,15,19)(H,16,17). The molecule has 5 nitrogen and oxygen atoms in total. The second kappa shape index (κ2) is 7.61. The SMILES string of the molecule is CCCNc1cccc(N(CC(N)=O)CC(C)C)n1. The van der Waals surface area contributed by atoms with E-state index >= 15 is 0 Å². The number of hydrogen-bond donors (Lipinski definition) is 2. The van der Waals surface area contributed by atoms with Gasteiger partial charge in [0.25, 0.3) is 0 Å². The summed E-state index contributed by atoms with van der Waals surface area (Å²) < 4.78 is 0. The predicted octanol–water partition coefficient (Wildman–Crippen LogP) is 1.85. The van der Waals surface area contributed by atoms with Gasteiger partial charge in [0.15, 0.2) is 0 Å². The molecule has 0 spiro atoms. The minimum Gasteiger partial charge on any atom is -0.370 e. The Bertz CT molecular complexity index is 406. The van der Waals surface area contributed by atoms with E-state index in [1.807, 2.05) is 23.1 Å². The zero-order valence-electron chi connectivity index (χ0n) is 12.0. The van der Waals surface area contributed by atoms with Crippen LogP contribution in [0.5, 0.6) is 0 Å². The van der Waals surface area contributed by atoms with Gasteiger partial charge in [-0.1, -0.05) is 26.8 Å². The number of amides is 1. The number of nitrogens with zero attached hydrogens (tertiary/aromatic N) is 2. The van der Waals surface area contributed by atoms with Gasteiger partial charge in [0.1, 0.15) is 11.6 Å². The molecule has 1 aromatic heterocycles. The van der Waals surface area contributed by atoms with E-state index in [1.165, 1.54) is 0 Å². The van der Waals surface area contributed by atoms with Crippen molar-refractivity contribution in [2.45, 2.75) is 27.2 Å². The zero-order chi connectivity index (χ0) is 14.3. The van der Waals surface area contributed by atoms with Crippen molar-refractivity contribution in [3.05, 3.63) is 18.2 Å². The second-order valence-electron chi connectivity index (χ2n) is 5.05. The third kappa shape index (κ3) is 5.59. The highest BCUT2D eigenvalue weighted by Crippen LogP contribution is 2.15. The van der Waals surface area contributed by atoms with Crippen molar-refractivity contribution >= 4 is 17.5 Å². The van der Waals surface area contributed by atoms with E-state index < -0.39 is 0 Å². The first-order valence-corrected chi connectivity index (χ1v) is 6.77. The first-order chi connectivity index (χ1) is 9.02. The molecule has 0 bridgehead atoms. The molecule has 0 aliphatic carbocycles. The Morgan fingerprint density at radius 1 is 1.47 bits per heavy atom. The second-order valence-corrected chi connectivity index (χ2v) is 5.05. The molecule has 106 valence electrons. The maximum atomic E-state index is 11.2. The number of pyridine rings is 1. The molecular formula is C14H24N4O. The van der Waals surface area contributed by atoms with Crippen LogP contribution in [0.25, 0.3) is 0 Å². The van der Waals surface area contributed by atoms with E-state index in [0.717, 1.165) is 31.1 Å². The summed E-state index contributed by atoms with van der Waals surface area (Å²) in [6, 6.07) is 5.77. The number of rotatable bonds is 8. The maximum absolute atomic E-state index is 11.2. The van der Waals surface area contributed by atoms with Gasteiger partial charge in [-0.2, -0.15) is 0 Å². The minimum atomic E-state index is -0.339. The number of nitrogens with one attached hydrogen (secondary N) is 1. The lowest BCUT2D eigenvalue weighted by molar-refractivity contribution is -0.116. The van der Waals surface area contributed by atoms with Crippen LogP contribution in [-0.4, -0.2) is 30.5 Å². The van der Waals surface area contributed by atoms with Crippen LogP contribution in [0, 0.1) is 5.92 Å². The van der Waals surface area contributed by atoms with Gasteiger partial charge in [0, 0.05) is 13.1 Å². The van der Waals surface area contributed by atoms with Crippen molar-refractivity contribution in [1.82, 2.24) is 4.98 Å². The molecule has 5 heteroatoms. The third-order valence-electron chi connectivity index (χ3n) is 2.55. The van der Waals surface area contributed by atoms with Crippen LogP contribution >= 0.6 is 0 Å². The van der Waals surface area contributed by atoms with Gasteiger partial charge in [-0.15, -0.1) is 0 Å². The van der Waals surface area contributed by atoms with E-state index in [9.17, 15) is 4.79 Å². The number of primary amides is 1. The topological polar surface area (TPSA) is 71.2 Å².